The number of hydrogen-bond donors (Lipinski definition) is 2. The number of ether oxygens (including phenoxy) is 1. The van der Waals surface area contributed by atoms with Crippen molar-refractivity contribution in [3.8, 4) is 5.75 Å². The van der Waals surface area contributed by atoms with Crippen LogP contribution in [0.5, 0.6) is 5.75 Å². The Balaban J connectivity index is 1.33. The van der Waals surface area contributed by atoms with Crippen molar-refractivity contribution in [3.63, 3.8) is 0 Å². The molecule has 0 radical (unpaired) electrons. The highest BCUT2D eigenvalue weighted by Crippen LogP contribution is 2.31. The third-order valence-corrected chi connectivity index (χ3v) is 7.70. The summed E-state index contributed by atoms with van der Waals surface area (Å²) in [5, 5.41) is 6.17. The fourth-order valence-electron chi connectivity index (χ4n) is 5.38. The molecule has 2 N–H and O–H groups in total. The van der Waals surface area contributed by atoms with Crippen LogP contribution in [0, 0.1) is 0 Å². The monoisotopic (exact) mass is 562 g/mol. The molecule has 1 aliphatic heterocycles. The van der Waals surface area contributed by atoms with E-state index in [0.29, 0.717) is 24.1 Å². The molecule has 1 atom stereocenters. The van der Waals surface area contributed by atoms with E-state index in [1.807, 2.05) is 97.9 Å². The van der Waals surface area contributed by atoms with Crippen molar-refractivity contribution in [2.24, 2.45) is 0 Å². The van der Waals surface area contributed by atoms with Gasteiger partial charge in [-0.2, -0.15) is 0 Å². The highest BCUT2D eigenvalue weighted by molar-refractivity contribution is 6.02. The van der Waals surface area contributed by atoms with Gasteiger partial charge in [0.25, 0.3) is 5.91 Å². The molecule has 5 rings (SSSR count). The lowest BCUT2D eigenvalue weighted by Crippen LogP contribution is -2.47. The molecule has 1 heterocycles. The minimum atomic E-state index is -0.172. The van der Waals surface area contributed by atoms with Crippen molar-refractivity contribution >= 4 is 28.9 Å². The Morgan fingerprint density at radius 1 is 0.786 bits per heavy atom. The summed E-state index contributed by atoms with van der Waals surface area (Å²) < 4.78 is 5.58. The summed E-state index contributed by atoms with van der Waals surface area (Å²) in [5.74, 6) is 0.600. The SMILES string of the molecule is COc1ccccc1N1CCN(c2ccc(NC(=O)CCc3ccccc3)cc2C(=O)N[C@H](C)c2ccccc2)CC1. The number of nitrogens with zero attached hydrogens (tertiary/aromatic N) is 2. The molecule has 216 valence electrons. The van der Waals surface area contributed by atoms with Gasteiger partial charge in [0, 0.05) is 44.0 Å². The van der Waals surface area contributed by atoms with Crippen LogP contribution < -0.4 is 25.2 Å². The number of anilines is 3. The van der Waals surface area contributed by atoms with E-state index in [9.17, 15) is 9.59 Å². The summed E-state index contributed by atoms with van der Waals surface area (Å²) in [4.78, 5) is 31.1. The Labute approximate surface area is 248 Å². The number of para-hydroxylation sites is 2. The fourth-order valence-corrected chi connectivity index (χ4v) is 5.38. The molecule has 0 aromatic heterocycles. The maximum absolute atomic E-state index is 13.7. The first-order chi connectivity index (χ1) is 20.5. The van der Waals surface area contributed by atoms with Crippen molar-refractivity contribution in [1.82, 2.24) is 5.32 Å². The molecule has 1 saturated heterocycles. The van der Waals surface area contributed by atoms with Crippen molar-refractivity contribution in [2.45, 2.75) is 25.8 Å². The molecule has 0 unspecified atom stereocenters. The molecule has 7 heteroatoms. The van der Waals surface area contributed by atoms with Gasteiger partial charge in [-0.05, 0) is 54.8 Å². The van der Waals surface area contributed by atoms with E-state index in [1.165, 1.54) is 0 Å². The lowest BCUT2D eigenvalue weighted by atomic mass is 10.1. The molecule has 7 nitrogen and oxygen atoms in total. The van der Waals surface area contributed by atoms with Gasteiger partial charge in [0.15, 0.2) is 0 Å². The average molecular weight is 563 g/mol. The van der Waals surface area contributed by atoms with Crippen molar-refractivity contribution in [1.29, 1.82) is 0 Å². The number of carbonyl (C=O) groups excluding carboxylic acids is 2. The lowest BCUT2D eigenvalue weighted by molar-refractivity contribution is -0.116. The molecule has 0 saturated carbocycles. The fraction of sp³-hybridized carbons (Fsp3) is 0.257. The van der Waals surface area contributed by atoms with Gasteiger partial charge in [0.2, 0.25) is 5.91 Å². The van der Waals surface area contributed by atoms with E-state index in [4.69, 9.17) is 4.74 Å². The number of carbonyl (C=O) groups is 2. The quantitative estimate of drug-likeness (QED) is 0.245. The van der Waals surface area contributed by atoms with Gasteiger partial charge in [-0.1, -0.05) is 72.8 Å². The summed E-state index contributed by atoms with van der Waals surface area (Å²) in [5.41, 5.74) is 5.23. The molecule has 0 spiro atoms. The normalized spacial score (nSPS) is 13.8. The number of hydrogen-bond acceptors (Lipinski definition) is 5. The molecule has 0 bridgehead atoms. The maximum atomic E-state index is 13.7. The predicted molar refractivity (Wildman–Crippen MR) is 170 cm³/mol. The van der Waals surface area contributed by atoms with Crippen LogP contribution in [0.15, 0.2) is 103 Å². The van der Waals surface area contributed by atoms with Gasteiger partial charge in [-0.25, -0.2) is 0 Å². The van der Waals surface area contributed by atoms with Gasteiger partial charge in [-0.15, -0.1) is 0 Å². The first kappa shape index (κ1) is 28.7. The molecule has 1 aliphatic rings. The molecule has 1 fully saturated rings. The Morgan fingerprint density at radius 3 is 2.10 bits per heavy atom. The number of aryl methyl sites for hydroxylation is 1. The largest absolute Gasteiger partial charge is 0.495 e. The Morgan fingerprint density at radius 2 is 1.40 bits per heavy atom. The number of benzene rings is 4. The van der Waals surface area contributed by atoms with E-state index < -0.39 is 0 Å². The zero-order chi connectivity index (χ0) is 29.3. The number of nitrogens with one attached hydrogen (secondary N) is 2. The van der Waals surface area contributed by atoms with Crippen LogP contribution in [0.25, 0.3) is 0 Å². The molecule has 4 aromatic carbocycles. The van der Waals surface area contributed by atoms with Crippen LogP contribution in [-0.2, 0) is 11.2 Å². The number of amides is 2. The highest BCUT2D eigenvalue weighted by atomic mass is 16.5. The zero-order valence-electron chi connectivity index (χ0n) is 24.3. The second-order valence-electron chi connectivity index (χ2n) is 10.5. The highest BCUT2D eigenvalue weighted by Gasteiger charge is 2.24. The summed E-state index contributed by atoms with van der Waals surface area (Å²) in [6, 6.07) is 33.4. The summed E-state index contributed by atoms with van der Waals surface area (Å²) in [6.45, 7) is 5.05. The molecular weight excluding hydrogens is 524 g/mol. The van der Waals surface area contributed by atoms with Crippen LogP contribution in [0.1, 0.15) is 40.9 Å². The smallest absolute Gasteiger partial charge is 0.253 e. The van der Waals surface area contributed by atoms with E-state index in [-0.39, 0.29) is 17.9 Å². The first-order valence-corrected chi connectivity index (χ1v) is 14.5. The van der Waals surface area contributed by atoms with Crippen molar-refractivity contribution < 1.29 is 14.3 Å². The van der Waals surface area contributed by atoms with Gasteiger partial charge in [0.05, 0.1) is 24.4 Å². The number of piperazine rings is 1. The summed E-state index contributed by atoms with van der Waals surface area (Å²) >= 11 is 0. The van der Waals surface area contributed by atoms with Crippen molar-refractivity contribution in [3.05, 3.63) is 120 Å². The van der Waals surface area contributed by atoms with Crippen LogP contribution in [0.3, 0.4) is 0 Å². The third-order valence-electron chi connectivity index (χ3n) is 7.70. The zero-order valence-corrected chi connectivity index (χ0v) is 24.3. The Kier molecular flexibility index (Phi) is 9.39. The number of methoxy groups -OCH3 is 1. The second-order valence-corrected chi connectivity index (χ2v) is 10.5. The maximum Gasteiger partial charge on any atom is 0.253 e. The molecule has 42 heavy (non-hydrogen) atoms. The van der Waals surface area contributed by atoms with E-state index in [1.54, 1.807) is 13.2 Å². The van der Waals surface area contributed by atoms with Crippen LogP contribution >= 0.6 is 0 Å². The Bertz CT molecular complexity index is 1480. The van der Waals surface area contributed by atoms with Crippen LogP contribution in [0.2, 0.25) is 0 Å². The molecule has 0 aliphatic carbocycles. The van der Waals surface area contributed by atoms with Gasteiger partial charge >= 0.3 is 0 Å². The standard InChI is InChI=1S/C35H38N4O3/c1-26(28-13-7-4-8-14-28)36-35(41)30-25-29(37-34(40)20-17-27-11-5-3-6-12-27)18-19-31(30)38-21-23-39(24-22-38)32-15-9-10-16-33(32)42-2/h3-16,18-19,25-26H,17,20-24H2,1-2H3,(H,36,41)(H,37,40)/t26-/m1/s1. The number of rotatable bonds is 10. The van der Waals surface area contributed by atoms with Crippen LogP contribution in [-0.4, -0.2) is 45.1 Å². The molecule has 2 amide bonds. The molecular formula is C35H38N4O3. The minimum absolute atomic E-state index is 0.0824. The van der Waals surface area contributed by atoms with Gasteiger partial charge in [-0.3, -0.25) is 9.59 Å². The predicted octanol–water partition coefficient (Wildman–Crippen LogP) is 6.08. The van der Waals surface area contributed by atoms with E-state index in [0.717, 1.165) is 54.4 Å². The average Bonchev–Trinajstić information content (AvgIpc) is 3.04. The van der Waals surface area contributed by atoms with E-state index in [2.05, 4.69) is 26.5 Å². The van der Waals surface area contributed by atoms with Gasteiger partial charge < -0.3 is 25.2 Å². The second kappa shape index (κ2) is 13.7. The van der Waals surface area contributed by atoms with Crippen molar-refractivity contribution in [2.75, 3.05) is 48.4 Å². The third kappa shape index (κ3) is 7.10. The summed E-state index contributed by atoms with van der Waals surface area (Å²) in [7, 11) is 1.69. The minimum Gasteiger partial charge on any atom is -0.495 e. The Hall–Kier alpha value is -4.78. The van der Waals surface area contributed by atoms with E-state index >= 15 is 0 Å². The first-order valence-electron chi connectivity index (χ1n) is 14.5. The molecule has 4 aromatic rings. The topological polar surface area (TPSA) is 73.9 Å². The summed E-state index contributed by atoms with van der Waals surface area (Å²) in [6.07, 6.45) is 1.02. The lowest BCUT2D eigenvalue weighted by Gasteiger charge is -2.38. The van der Waals surface area contributed by atoms with Gasteiger partial charge in [0.1, 0.15) is 5.75 Å². The van der Waals surface area contributed by atoms with Crippen LogP contribution in [0.4, 0.5) is 17.1 Å².